The lowest BCUT2D eigenvalue weighted by Gasteiger charge is -2.08. The van der Waals surface area contributed by atoms with E-state index in [1.54, 1.807) is 11.3 Å². The molecule has 1 atom stereocenters. The van der Waals surface area contributed by atoms with E-state index in [0.29, 0.717) is 0 Å². The van der Waals surface area contributed by atoms with E-state index in [-0.39, 0.29) is 0 Å². The molecule has 1 aromatic heterocycles. The molecule has 0 N–H and O–H groups in total. The molecule has 1 aromatic rings. The molecule has 85 valence electrons. The standard InChI is InChI=1S/C14H23S/c1-3-4-5-6-7-8-9-13(2)14-10-11-15-12-14/h10,12-13H,3-9H2,1-2H3. The first-order valence-corrected chi connectivity index (χ1v) is 7.17. The Hall–Kier alpha value is -0.300. The van der Waals surface area contributed by atoms with Gasteiger partial charge in [-0.15, -0.1) is 11.3 Å². The summed E-state index contributed by atoms with van der Waals surface area (Å²) in [6.45, 7) is 4.61. The summed E-state index contributed by atoms with van der Waals surface area (Å²) in [5.41, 5.74) is 1.48. The average molecular weight is 223 g/mol. The van der Waals surface area contributed by atoms with Gasteiger partial charge < -0.3 is 0 Å². The van der Waals surface area contributed by atoms with Crippen LogP contribution >= 0.6 is 11.3 Å². The minimum absolute atomic E-state index is 0.735. The number of hydrogen-bond donors (Lipinski definition) is 0. The summed E-state index contributed by atoms with van der Waals surface area (Å²) in [7, 11) is 0. The second kappa shape index (κ2) is 7.92. The van der Waals surface area contributed by atoms with Crippen molar-refractivity contribution in [3.63, 3.8) is 0 Å². The molecule has 15 heavy (non-hydrogen) atoms. The molecule has 1 rings (SSSR count). The van der Waals surface area contributed by atoms with Gasteiger partial charge in [0.05, 0.1) is 0 Å². The highest BCUT2D eigenvalue weighted by Crippen LogP contribution is 2.23. The first-order chi connectivity index (χ1) is 7.34. The predicted molar refractivity (Wildman–Crippen MR) is 69.6 cm³/mol. The Kier molecular flexibility index (Phi) is 6.74. The number of rotatable bonds is 8. The van der Waals surface area contributed by atoms with E-state index in [1.165, 1.54) is 50.5 Å². The molecule has 0 bridgehead atoms. The van der Waals surface area contributed by atoms with E-state index >= 15 is 0 Å². The largest absolute Gasteiger partial charge is 0.143 e. The van der Waals surface area contributed by atoms with Crippen molar-refractivity contribution in [1.82, 2.24) is 0 Å². The normalized spacial score (nSPS) is 12.9. The molecule has 0 spiro atoms. The molecule has 0 saturated carbocycles. The molecule has 0 aliphatic heterocycles. The van der Waals surface area contributed by atoms with Crippen molar-refractivity contribution in [2.75, 3.05) is 0 Å². The molecular formula is C14H23S. The molecule has 1 heterocycles. The highest BCUT2D eigenvalue weighted by molar-refractivity contribution is 7.07. The van der Waals surface area contributed by atoms with Crippen LogP contribution in [0.25, 0.3) is 0 Å². The third-order valence-electron chi connectivity index (χ3n) is 3.05. The minimum Gasteiger partial charge on any atom is -0.143 e. The van der Waals surface area contributed by atoms with Crippen molar-refractivity contribution in [2.45, 2.75) is 64.7 Å². The third kappa shape index (κ3) is 5.36. The molecule has 0 saturated heterocycles. The van der Waals surface area contributed by atoms with E-state index in [2.05, 4.69) is 30.7 Å². The highest BCUT2D eigenvalue weighted by Gasteiger charge is 2.04. The van der Waals surface area contributed by atoms with Crippen molar-refractivity contribution < 1.29 is 0 Å². The van der Waals surface area contributed by atoms with Gasteiger partial charge in [-0.25, -0.2) is 0 Å². The van der Waals surface area contributed by atoms with Gasteiger partial charge in [0.15, 0.2) is 0 Å². The van der Waals surface area contributed by atoms with Gasteiger partial charge in [-0.05, 0) is 29.3 Å². The van der Waals surface area contributed by atoms with Gasteiger partial charge in [0, 0.05) is 5.38 Å². The van der Waals surface area contributed by atoms with Gasteiger partial charge in [-0.3, -0.25) is 0 Å². The third-order valence-corrected chi connectivity index (χ3v) is 3.69. The van der Waals surface area contributed by atoms with Crippen LogP contribution in [0.3, 0.4) is 0 Å². The Labute approximate surface area is 98.7 Å². The van der Waals surface area contributed by atoms with Crippen molar-refractivity contribution in [3.8, 4) is 0 Å². The number of unbranched alkanes of at least 4 members (excludes halogenated alkanes) is 5. The van der Waals surface area contributed by atoms with Crippen LogP contribution < -0.4 is 0 Å². The van der Waals surface area contributed by atoms with E-state index in [9.17, 15) is 0 Å². The van der Waals surface area contributed by atoms with Crippen LogP contribution in [0.4, 0.5) is 0 Å². The molecule has 0 fully saturated rings. The van der Waals surface area contributed by atoms with Gasteiger partial charge in [0.1, 0.15) is 0 Å². The van der Waals surface area contributed by atoms with Crippen LogP contribution in [-0.2, 0) is 0 Å². The maximum Gasteiger partial charge on any atom is 0.0445 e. The zero-order chi connectivity index (χ0) is 10.9. The fourth-order valence-electron chi connectivity index (χ4n) is 1.89. The molecule has 0 aromatic carbocycles. The molecule has 0 aliphatic carbocycles. The fraction of sp³-hybridized carbons (Fsp3) is 0.714. The summed E-state index contributed by atoms with van der Waals surface area (Å²) in [5, 5.41) is 5.41. The fourth-order valence-corrected chi connectivity index (χ4v) is 2.60. The lowest BCUT2D eigenvalue weighted by atomic mass is 9.97. The van der Waals surface area contributed by atoms with Crippen molar-refractivity contribution in [2.24, 2.45) is 0 Å². The van der Waals surface area contributed by atoms with Crippen LogP contribution in [0.1, 0.15) is 70.3 Å². The Balaban J connectivity index is 2.00. The number of thiophene rings is 1. The summed E-state index contributed by atoms with van der Waals surface area (Å²) < 4.78 is 0. The van der Waals surface area contributed by atoms with E-state index in [0.717, 1.165) is 5.92 Å². The zero-order valence-corrected chi connectivity index (χ0v) is 10.9. The van der Waals surface area contributed by atoms with Crippen molar-refractivity contribution >= 4 is 11.3 Å². The van der Waals surface area contributed by atoms with E-state index in [4.69, 9.17) is 0 Å². The van der Waals surface area contributed by atoms with Crippen LogP contribution in [0.5, 0.6) is 0 Å². The first-order valence-electron chi connectivity index (χ1n) is 6.29. The molecule has 0 nitrogen and oxygen atoms in total. The first kappa shape index (κ1) is 12.8. The monoisotopic (exact) mass is 223 g/mol. The van der Waals surface area contributed by atoms with Crippen LogP contribution in [0.15, 0.2) is 11.4 Å². The Morgan fingerprint density at radius 3 is 2.60 bits per heavy atom. The van der Waals surface area contributed by atoms with Crippen molar-refractivity contribution in [3.05, 3.63) is 22.4 Å². The highest BCUT2D eigenvalue weighted by atomic mass is 32.1. The summed E-state index contributed by atoms with van der Waals surface area (Å²) in [6.07, 6.45) is 9.76. The maximum atomic E-state index is 3.17. The lowest BCUT2D eigenvalue weighted by molar-refractivity contribution is 0.557. The molecule has 0 aliphatic rings. The van der Waals surface area contributed by atoms with Gasteiger partial charge in [-0.2, -0.15) is 0 Å². The summed E-state index contributed by atoms with van der Waals surface area (Å²) in [6, 6.07) is 2.15. The topological polar surface area (TPSA) is 0 Å². The Morgan fingerprint density at radius 1 is 1.20 bits per heavy atom. The van der Waals surface area contributed by atoms with E-state index < -0.39 is 0 Å². The average Bonchev–Trinajstić information content (AvgIpc) is 2.76. The Morgan fingerprint density at radius 2 is 1.93 bits per heavy atom. The summed E-state index contributed by atoms with van der Waals surface area (Å²) >= 11 is 1.69. The van der Waals surface area contributed by atoms with Gasteiger partial charge in [-0.1, -0.05) is 52.4 Å². The minimum atomic E-state index is 0.735. The second-order valence-electron chi connectivity index (χ2n) is 4.46. The van der Waals surface area contributed by atoms with Gasteiger partial charge in [0.2, 0.25) is 0 Å². The quantitative estimate of drug-likeness (QED) is 0.517. The smallest absolute Gasteiger partial charge is 0.0445 e. The summed E-state index contributed by atoms with van der Waals surface area (Å²) in [5.74, 6) is 0.735. The maximum absolute atomic E-state index is 3.17. The zero-order valence-electron chi connectivity index (χ0n) is 10.1. The van der Waals surface area contributed by atoms with Crippen LogP contribution in [0, 0.1) is 5.38 Å². The van der Waals surface area contributed by atoms with Crippen LogP contribution in [-0.4, -0.2) is 0 Å². The lowest BCUT2D eigenvalue weighted by Crippen LogP contribution is -1.91. The Bertz CT molecular complexity index is 225. The molecule has 1 radical (unpaired) electrons. The predicted octanol–water partition coefficient (Wildman–Crippen LogP) is 5.40. The van der Waals surface area contributed by atoms with E-state index in [1.807, 2.05) is 0 Å². The summed E-state index contributed by atoms with van der Waals surface area (Å²) in [4.78, 5) is 0. The SMILES string of the molecule is CCCCCCCCC(C)c1c[c]sc1. The number of hydrogen-bond acceptors (Lipinski definition) is 1. The second-order valence-corrected chi connectivity index (χ2v) is 5.16. The van der Waals surface area contributed by atoms with Gasteiger partial charge in [0.25, 0.3) is 0 Å². The molecule has 1 heteroatoms. The van der Waals surface area contributed by atoms with Gasteiger partial charge >= 0.3 is 0 Å². The molecule has 0 amide bonds. The van der Waals surface area contributed by atoms with Crippen LogP contribution in [0.2, 0.25) is 0 Å². The molecular weight excluding hydrogens is 200 g/mol. The molecule has 1 unspecified atom stereocenters. The van der Waals surface area contributed by atoms with Crippen molar-refractivity contribution in [1.29, 1.82) is 0 Å².